The molecule has 15 heavy (non-hydrogen) atoms. The van der Waals surface area contributed by atoms with Crippen molar-refractivity contribution in [3.63, 3.8) is 0 Å². The van der Waals surface area contributed by atoms with Gasteiger partial charge in [0, 0.05) is 25.7 Å². The first-order valence-electron chi connectivity index (χ1n) is 6.25. The summed E-state index contributed by atoms with van der Waals surface area (Å²) in [6.45, 7) is 1.86. The molecule has 1 rings (SSSR count). The van der Waals surface area contributed by atoms with Gasteiger partial charge in [-0.3, -0.25) is 9.59 Å². The number of ketones is 2. The van der Waals surface area contributed by atoms with Crippen molar-refractivity contribution in [3.05, 3.63) is 0 Å². The number of carbonyl (C=O) groups is 2. The molecule has 0 amide bonds. The molecule has 0 N–H and O–H groups in total. The van der Waals surface area contributed by atoms with E-state index < -0.39 is 0 Å². The summed E-state index contributed by atoms with van der Waals surface area (Å²) in [7, 11) is 0. The zero-order valence-electron chi connectivity index (χ0n) is 9.76. The number of carbonyl (C=O) groups excluding carboxylic acids is 2. The molecule has 0 atom stereocenters. The number of Topliss-reactive ketones (excluding diaryl/α,β-unsaturated/α-hetero) is 2. The molecule has 0 aliphatic heterocycles. The molecule has 0 unspecified atom stereocenters. The highest BCUT2D eigenvalue weighted by molar-refractivity contribution is 5.85. The molecule has 0 aromatic carbocycles. The second kappa shape index (κ2) is 6.76. The number of rotatable bonds is 6. The standard InChI is InChI=1S/C13H22O2/c1-2-12(14)8-9-13(15)10-11-6-4-3-5-7-11/h11H,2-10H2,1H3. The van der Waals surface area contributed by atoms with E-state index >= 15 is 0 Å². The van der Waals surface area contributed by atoms with Crippen molar-refractivity contribution in [3.8, 4) is 0 Å². The van der Waals surface area contributed by atoms with Gasteiger partial charge in [-0.15, -0.1) is 0 Å². The lowest BCUT2D eigenvalue weighted by Gasteiger charge is -2.20. The van der Waals surface area contributed by atoms with Gasteiger partial charge in [0.15, 0.2) is 0 Å². The minimum atomic E-state index is 0.215. The van der Waals surface area contributed by atoms with E-state index in [1.54, 1.807) is 0 Å². The lowest BCUT2D eigenvalue weighted by atomic mass is 9.85. The van der Waals surface area contributed by atoms with E-state index in [2.05, 4.69) is 0 Å². The van der Waals surface area contributed by atoms with Crippen LogP contribution in [0.1, 0.15) is 64.7 Å². The van der Waals surface area contributed by atoms with Crippen LogP contribution in [-0.4, -0.2) is 11.6 Å². The van der Waals surface area contributed by atoms with E-state index in [1.165, 1.54) is 32.1 Å². The van der Waals surface area contributed by atoms with Crippen LogP contribution in [0, 0.1) is 5.92 Å². The van der Waals surface area contributed by atoms with Gasteiger partial charge in [0.1, 0.15) is 11.6 Å². The Labute approximate surface area is 92.4 Å². The molecule has 0 saturated heterocycles. The zero-order chi connectivity index (χ0) is 11.1. The van der Waals surface area contributed by atoms with Crippen molar-refractivity contribution in [1.82, 2.24) is 0 Å². The van der Waals surface area contributed by atoms with Gasteiger partial charge in [-0.05, 0) is 5.92 Å². The molecule has 0 aromatic heterocycles. The zero-order valence-corrected chi connectivity index (χ0v) is 9.76. The average Bonchev–Trinajstić information content (AvgIpc) is 2.27. The SMILES string of the molecule is CCC(=O)CCC(=O)CC1CCCCC1. The van der Waals surface area contributed by atoms with Gasteiger partial charge in [-0.1, -0.05) is 39.0 Å². The maximum Gasteiger partial charge on any atom is 0.133 e. The monoisotopic (exact) mass is 210 g/mol. The molecule has 0 heterocycles. The molecule has 2 heteroatoms. The third-order valence-electron chi connectivity index (χ3n) is 3.32. The summed E-state index contributed by atoms with van der Waals surface area (Å²) < 4.78 is 0. The molecule has 1 fully saturated rings. The maximum absolute atomic E-state index is 11.6. The molecule has 1 saturated carbocycles. The van der Waals surface area contributed by atoms with E-state index in [0.29, 0.717) is 31.0 Å². The molecule has 1 aliphatic rings. The van der Waals surface area contributed by atoms with Crippen molar-refractivity contribution >= 4 is 11.6 Å². The Hall–Kier alpha value is -0.660. The van der Waals surface area contributed by atoms with Gasteiger partial charge in [0.05, 0.1) is 0 Å². The Balaban J connectivity index is 2.14. The summed E-state index contributed by atoms with van der Waals surface area (Å²) in [6.07, 6.45) is 8.55. The van der Waals surface area contributed by atoms with Crippen LogP contribution in [-0.2, 0) is 9.59 Å². The Morgan fingerprint density at radius 3 is 2.20 bits per heavy atom. The van der Waals surface area contributed by atoms with Crippen molar-refractivity contribution in [1.29, 1.82) is 0 Å². The molecule has 0 spiro atoms. The van der Waals surface area contributed by atoms with Crippen molar-refractivity contribution in [2.24, 2.45) is 5.92 Å². The Kier molecular flexibility index (Phi) is 5.59. The number of hydrogen-bond donors (Lipinski definition) is 0. The predicted molar refractivity (Wildman–Crippen MR) is 60.7 cm³/mol. The first-order chi connectivity index (χ1) is 7.22. The fraction of sp³-hybridized carbons (Fsp3) is 0.846. The topological polar surface area (TPSA) is 34.1 Å². The van der Waals surface area contributed by atoms with Crippen molar-refractivity contribution in [2.75, 3.05) is 0 Å². The van der Waals surface area contributed by atoms with Gasteiger partial charge in [0.25, 0.3) is 0 Å². The molecular weight excluding hydrogens is 188 g/mol. The van der Waals surface area contributed by atoms with Gasteiger partial charge in [-0.2, -0.15) is 0 Å². The number of hydrogen-bond acceptors (Lipinski definition) is 2. The van der Waals surface area contributed by atoms with Crippen molar-refractivity contribution < 1.29 is 9.59 Å². The van der Waals surface area contributed by atoms with Crippen LogP contribution >= 0.6 is 0 Å². The Morgan fingerprint density at radius 2 is 1.60 bits per heavy atom. The molecule has 0 aromatic rings. The Bertz CT molecular complexity index is 215. The summed E-state index contributed by atoms with van der Waals surface area (Å²) >= 11 is 0. The fourth-order valence-corrected chi connectivity index (χ4v) is 2.27. The fourth-order valence-electron chi connectivity index (χ4n) is 2.27. The predicted octanol–water partition coefficient (Wildman–Crippen LogP) is 3.29. The second-order valence-electron chi connectivity index (χ2n) is 4.64. The summed E-state index contributed by atoms with van der Waals surface area (Å²) in [5.41, 5.74) is 0. The summed E-state index contributed by atoms with van der Waals surface area (Å²) in [6, 6.07) is 0. The van der Waals surface area contributed by atoms with Crippen LogP contribution in [0.5, 0.6) is 0 Å². The summed E-state index contributed by atoms with van der Waals surface area (Å²) in [5, 5.41) is 0. The molecule has 0 bridgehead atoms. The highest BCUT2D eigenvalue weighted by atomic mass is 16.1. The summed E-state index contributed by atoms with van der Waals surface area (Å²) in [4.78, 5) is 22.6. The Morgan fingerprint density at radius 1 is 1.00 bits per heavy atom. The lowest BCUT2D eigenvalue weighted by Crippen LogP contribution is -2.12. The third kappa shape index (κ3) is 5.10. The van der Waals surface area contributed by atoms with Gasteiger partial charge in [0.2, 0.25) is 0 Å². The van der Waals surface area contributed by atoms with Crippen LogP contribution in [0.2, 0.25) is 0 Å². The van der Waals surface area contributed by atoms with Crippen LogP contribution in [0.3, 0.4) is 0 Å². The van der Waals surface area contributed by atoms with E-state index in [-0.39, 0.29) is 5.78 Å². The van der Waals surface area contributed by atoms with Gasteiger partial charge in [-0.25, -0.2) is 0 Å². The van der Waals surface area contributed by atoms with E-state index in [1.807, 2.05) is 6.92 Å². The van der Waals surface area contributed by atoms with Crippen LogP contribution in [0.15, 0.2) is 0 Å². The molecule has 0 radical (unpaired) electrons. The van der Waals surface area contributed by atoms with E-state index in [0.717, 1.165) is 6.42 Å². The molecule has 86 valence electrons. The van der Waals surface area contributed by atoms with Crippen LogP contribution < -0.4 is 0 Å². The minimum Gasteiger partial charge on any atom is -0.300 e. The van der Waals surface area contributed by atoms with Gasteiger partial charge >= 0.3 is 0 Å². The van der Waals surface area contributed by atoms with Crippen molar-refractivity contribution in [2.45, 2.75) is 64.7 Å². The quantitative estimate of drug-likeness (QED) is 0.674. The average molecular weight is 210 g/mol. The minimum absolute atomic E-state index is 0.215. The lowest BCUT2D eigenvalue weighted by molar-refractivity contribution is -0.124. The van der Waals surface area contributed by atoms with Gasteiger partial charge < -0.3 is 0 Å². The summed E-state index contributed by atoms with van der Waals surface area (Å²) in [5.74, 6) is 1.12. The first kappa shape index (κ1) is 12.4. The first-order valence-corrected chi connectivity index (χ1v) is 6.25. The largest absolute Gasteiger partial charge is 0.300 e. The highest BCUT2D eigenvalue weighted by Crippen LogP contribution is 2.26. The normalized spacial score (nSPS) is 17.7. The molecular formula is C13H22O2. The van der Waals surface area contributed by atoms with E-state index in [4.69, 9.17) is 0 Å². The second-order valence-corrected chi connectivity index (χ2v) is 4.64. The smallest absolute Gasteiger partial charge is 0.133 e. The van der Waals surface area contributed by atoms with E-state index in [9.17, 15) is 9.59 Å². The third-order valence-corrected chi connectivity index (χ3v) is 3.32. The highest BCUT2D eigenvalue weighted by Gasteiger charge is 2.17. The molecule has 1 aliphatic carbocycles. The maximum atomic E-state index is 11.6. The van der Waals surface area contributed by atoms with Crippen LogP contribution in [0.4, 0.5) is 0 Å². The molecule has 2 nitrogen and oxygen atoms in total. The van der Waals surface area contributed by atoms with Crippen LogP contribution in [0.25, 0.3) is 0 Å².